The van der Waals surface area contributed by atoms with Gasteiger partial charge < -0.3 is 4.74 Å². The topological polar surface area (TPSA) is 89.0 Å². The van der Waals surface area contributed by atoms with Crippen LogP contribution in [0.25, 0.3) is 6.08 Å². The second kappa shape index (κ2) is 4.72. The van der Waals surface area contributed by atoms with Gasteiger partial charge in [0.1, 0.15) is 0 Å². The van der Waals surface area contributed by atoms with E-state index in [4.69, 9.17) is 10.00 Å². The van der Waals surface area contributed by atoms with E-state index in [9.17, 15) is 10.1 Å². The summed E-state index contributed by atoms with van der Waals surface area (Å²) >= 11 is 0. The Morgan fingerprint density at radius 1 is 1.73 bits per heavy atom. The lowest BCUT2D eigenvalue weighted by atomic mass is 10.2. The van der Waals surface area contributed by atoms with Crippen LogP contribution >= 0.6 is 0 Å². The van der Waals surface area contributed by atoms with Crippen molar-refractivity contribution in [2.45, 2.75) is 0 Å². The van der Waals surface area contributed by atoms with Gasteiger partial charge in [-0.15, -0.1) is 0 Å². The predicted octanol–water partition coefficient (Wildman–Crippen LogP) is 1.54. The van der Waals surface area contributed by atoms with Gasteiger partial charge in [-0.25, -0.2) is 4.98 Å². The molecule has 0 saturated carbocycles. The summed E-state index contributed by atoms with van der Waals surface area (Å²) in [4.78, 5) is 13.8. The quantitative estimate of drug-likeness (QED) is 0.424. The van der Waals surface area contributed by atoms with Crippen molar-refractivity contribution in [1.29, 1.82) is 5.26 Å². The van der Waals surface area contributed by atoms with E-state index in [2.05, 4.69) is 4.98 Å². The zero-order chi connectivity index (χ0) is 11.3. The van der Waals surface area contributed by atoms with Crippen molar-refractivity contribution in [3.63, 3.8) is 0 Å². The highest BCUT2D eigenvalue weighted by Crippen LogP contribution is 2.24. The maximum absolute atomic E-state index is 10.6. The van der Waals surface area contributed by atoms with Crippen LogP contribution in [-0.4, -0.2) is 17.0 Å². The molecule has 0 saturated heterocycles. The molecule has 0 bridgehead atoms. The summed E-state index contributed by atoms with van der Waals surface area (Å²) in [5.74, 6) is -0.0471. The molecule has 0 radical (unpaired) electrons. The highest BCUT2D eigenvalue weighted by Gasteiger charge is 2.15. The summed E-state index contributed by atoms with van der Waals surface area (Å²) in [7, 11) is 1.31. The molecule has 0 aliphatic heterocycles. The van der Waals surface area contributed by atoms with E-state index in [1.165, 1.54) is 31.5 Å². The Morgan fingerprint density at radius 2 is 2.47 bits per heavy atom. The number of methoxy groups -OCH3 is 1. The molecule has 15 heavy (non-hydrogen) atoms. The van der Waals surface area contributed by atoms with Gasteiger partial charge in [0.15, 0.2) is 0 Å². The van der Waals surface area contributed by atoms with Crippen molar-refractivity contribution in [2.75, 3.05) is 7.11 Å². The number of nitriles is 1. The Bertz CT molecular complexity index is 448. The molecule has 1 heterocycles. The van der Waals surface area contributed by atoms with Gasteiger partial charge in [-0.05, 0) is 6.08 Å². The molecule has 0 aliphatic rings. The zero-order valence-electron chi connectivity index (χ0n) is 7.88. The minimum Gasteiger partial charge on any atom is -0.476 e. The summed E-state index contributed by atoms with van der Waals surface area (Å²) in [6.07, 6.45) is 4.03. The van der Waals surface area contributed by atoms with E-state index in [1.54, 1.807) is 6.07 Å². The van der Waals surface area contributed by atoms with E-state index < -0.39 is 4.92 Å². The fourth-order valence-electron chi connectivity index (χ4n) is 0.969. The van der Waals surface area contributed by atoms with Crippen LogP contribution in [0, 0.1) is 21.4 Å². The molecule has 0 atom stereocenters. The Balaban J connectivity index is 3.17. The predicted molar refractivity (Wildman–Crippen MR) is 52.1 cm³/mol. The minimum absolute atomic E-state index is 0.0471. The largest absolute Gasteiger partial charge is 0.476 e. The number of pyridine rings is 1. The molecule has 6 nitrogen and oxygen atoms in total. The van der Waals surface area contributed by atoms with Gasteiger partial charge in [0.05, 0.1) is 18.1 Å². The number of nitrogens with zero attached hydrogens (tertiary/aromatic N) is 3. The Labute approximate surface area is 85.6 Å². The normalized spacial score (nSPS) is 9.87. The number of hydrogen-bond donors (Lipinski definition) is 0. The van der Waals surface area contributed by atoms with Crippen molar-refractivity contribution in [1.82, 2.24) is 4.98 Å². The highest BCUT2D eigenvalue weighted by atomic mass is 16.6. The molecule has 0 aliphatic carbocycles. The van der Waals surface area contributed by atoms with Crippen molar-refractivity contribution < 1.29 is 9.66 Å². The summed E-state index contributed by atoms with van der Waals surface area (Å²) in [6.45, 7) is 0. The van der Waals surface area contributed by atoms with E-state index >= 15 is 0 Å². The van der Waals surface area contributed by atoms with Crippen LogP contribution < -0.4 is 4.74 Å². The standard InChI is InChI=1S/C9H7N3O3/c1-15-9-8(12(13)14)5-7(6-11-9)3-2-4-10/h2-3,5-6H,1H3. The third-order valence-electron chi connectivity index (χ3n) is 1.59. The average molecular weight is 205 g/mol. The fraction of sp³-hybridized carbons (Fsp3) is 0.111. The Morgan fingerprint density at radius 3 is 3.00 bits per heavy atom. The molecule has 0 unspecified atom stereocenters. The van der Waals surface area contributed by atoms with E-state index in [0.717, 1.165) is 0 Å². The van der Waals surface area contributed by atoms with Crippen LogP contribution in [0.5, 0.6) is 5.88 Å². The second-order valence-corrected chi connectivity index (χ2v) is 2.52. The molecule has 0 fully saturated rings. The molecule has 1 aromatic heterocycles. The van der Waals surface area contributed by atoms with Gasteiger partial charge in [0.25, 0.3) is 5.88 Å². The number of aromatic nitrogens is 1. The van der Waals surface area contributed by atoms with Crippen LogP contribution in [0.3, 0.4) is 0 Å². The average Bonchev–Trinajstić information content (AvgIpc) is 2.25. The van der Waals surface area contributed by atoms with Crippen LogP contribution in [0.15, 0.2) is 18.3 Å². The molecule has 6 heteroatoms. The Kier molecular flexibility index (Phi) is 3.35. The number of allylic oxidation sites excluding steroid dienone is 1. The Hall–Kier alpha value is -2.42. The van der Waals surface area contributed by atoms with Gasteiger partial charge in [0.2, 0.25) is 0 Å². The molecular formula is C9H7N3O3. The molecular weight excluding hydrogens is 198 g/mol. The maximum atomic E-state index is 10.6. The minimum atomic E-state index is -0.588. The molecule has 0 N–H and O–H groups in total. The molecule has 1 aromatic rings. The number of hydrogen-bond acceptors (Lipinski definition) is 5. The van der Waals surface area contributed by atoms with Crippen molar-refractivity contribution in [3.05, 3.63) is 34.0 Å². The van der Waals surface area contributed by atoms with E-state index in [0.29, 0.717) is 5.56 Å². The fourth-order valence-corrected chi connectivity index (χ4v) is 0.969. The van der Waals surface area contributed by atoms with Gasteiger partial charge >= 0.3 is 5.69 Å². The first-order valence-corrected chi connectivity index (χ1v) is 3.93. The second-order valence-electron chi connectivity index (χ2n) is 2.52. The van der Waals surface area contributed by atoms with Crippen LogP contribution in [0.1, 0.15) is 5.56 Å². The van der Waals surface area contributed by atoms with Crippen LogP contribution in [0.2, 0.25) is 0 Å². The van der Waals surface area contributed by atoms with E-state index in [-0.39, 0.29) is 11.6 Å². The lowest BCUT2D eigenvalue weighted by Crippen LogP contribution is -1.96. The maximum Gasteiger partial charge on any atom is 0.331 e. The smallest absolute Gasteiger partial charge is 0.331 e. The molecule has 76 valence electrons. The van der Waals surface area contributed by atoms with Crippen molar-refractivity contribution in [2.24, 2.45) is 0 Å². The first-order valence-electron chi connectivity index (χ1n) is 3.93. The lowest BCUT2D eigenvalue weighted by Gasteiger charge is -2.00. The summed E-state index contributed by atoms with van der Waals surface area (Å²) in [5.41, 5.74) is 0.252. The third kappa shape index (κ3) is 2.51. The van der Waals surface area contributed by atoms with E-state index in [1.807, 2.05) is 0 Å². The SMILES string of the molecule is COc1ncc(C=CC#N)cc1[N+](=O)[O-]. The van der Waals surface area contributed by atoms with Gasteiger partial charge in [0, 0.05) is 23.9 Å². The van der Waals surface area contributed by atoms with Crippen molar-refractivity contribution >= 4 is 11.8 Å². The van der Waals surface area contributed by atoms with Crippen molar-refractivity contribution in [3.8, 4) is 11.9 Å². The summed E-state index contributed by atoms with van der Waals surface area (Å²) < 4.78 is 4.72. The van der Waals surface area contributed by atoms with Gasteiger partial charge in [-0.3, -0.25) is 10.1 Å². The van der Waals surface area contributed by atoms with Crippen LogP contribution in [0.4, 0.5) is 5.69 Å². The van der Waals surface area contributed by atoms with Gasteiger partial charge in [-0.2, -0.15) is 5.26 Å². The summed E-state index contributed by atoms with van der Waals surface area (Å²) in [5, 5.41) is 18.9. The first kappa shape index (κ1) is 10.7. The first-order chi connectivity index (χ1) is 7.19. The van der Waals surface area contributed by atoms with Gasteiger partial charge in [-0.1, -0.05) is 0 Å². The number of nitro groups is 1. The summed E-state index contributed by atoms with van der Waals surface area (Å²) in [6, 6.07) is 3.08. The third-order valence-corrected chi connectivity index (χ3v) is 1.59. The number of ether oxygens (including phenoxy) is 1. The number of rotatable bonds is 3. The zero-order valence-corrected chi connectivity index (χ0v) is 7.88. The molecule has 0 spiro atoms. The monoisotopic (exact) mass is 205 g/mol. The molecule has 0 aromatic carbocycles. The molecule has 0 amide bonds. The van der Waals surface area contributed by atoms with Crippen LogP contribution in [-0.2, 0) is 0 Å². The molecule has 1 rings (SSSR count). The lowest BCUT2D eigenvalue weighted by molar-refractivity contribution is -0.386. The highest BCUT2D eigenvalue weighted by molar-refractivity contribution is 5.56.